The summed E-state index contributed by atoms with van der Waals surface area (Å²) in [6, 6.07) is 9.24. The summed E-state index contributed by atoms with van der Waals surface area (Å²) in [4.78, 5) is 0. The fourth-order valence-electron chi connectivity index (χ4n) is 2.53. The Morgan fingerprint density at radius 1 is 1.22 bits per heavy atom. The van der Waals surface area contributed by atoms with Gasteiger partial charge < -0.3 is 14.8 Å². The molecular formula is C15H23NO2. The zero-order valence-corrected chi connectivity index (χ0v) is 11.3. The predicted molar refractivity (Wildman–Crippen MR) is 72.7 cm³/mol. The fraction of sp³-hybridized carbons (Fsp3) is 0.600. The molecule has 3 heteroatoms. The molecule has 3 nitrogen and oxygen atoms in total. The molecule has 1 aromatic carbocycles. The van der Waals surface area contributed by atoms with Gasteiger partial charge in [-0.15, -0.1) is 0 Å². The highest BCUT2D eigenvalue weighted by atomic mass is 16.5. The number of hydrogen-bond acceptors (Lipinski definition) is 3. The molecule has 0 spiro atoms. The van der Waals surface area contributed by atoms with Crippen molar-refractivity contribution in [2.24, 2.45) is 0 Å². The Labute approximate surface area is 109 Å². The SMILES string of the molecule is COCC(OC)c1ccc(C2CCCCN2)cc1. The molecule has 0 radical (unpaired) electrons. The molecule has 2 rings (SSSR count). The quantitative estimate of drug-likeness (QED) is 0.870. The highest BCUT2D eigenvalue weighted by Gasteiger charge is 2.15. The third-order valence-electron chi connectivity index (χ3n) is 3.62. The van der Waals surface area contributed by atoms with Gasteiger partial charge >= 0.3 is 0 Å². The second-order valence-electron chi connectivity index (χ2n) is 4.85. The lowest BCUT2D eigenvalue weighted by Gasteiger charge is -2.24. The van der Waals surface area contributed by atoms with Crippen LogP contribution in [0, 0.1) is 0 Å². The molecule has 1 heterocycles. The summed E-state index contributed by atoms with van der Waals surface area (Å²) < 4.78 is 10.6. The lowest BCUT2D eigenvalue weighted by atomic mass is 9.96. The van der Waals surface area contributed by atoms with Gasteiger partial charge in [0, 0.05) is 20.3 Å². The maximum absolute atomic E-state index is 5.42. The molecular weight excluding hydrogens is 226 g/mol. The van der Waals surface area contributed by atoms with Crippen LogP contribution < -0.4 is 5.32 Å². The van der Waals surface area contributed by atoms with E-state index >= 15 is 0 Å². The van der Waals surface area contributed by atoms with Crippen molar-refractivity contribution in [2.75, 3.05) is 27.4 Å². The molecule has 0 aromatic heterocycles. The van der Waals surface area contributed by atoms with Crippen molar-refractivity contribution in [3.05, 3.63) is 35.4 Å². The number of nitrogens with one attached hydrogen (secondary N) is 1. The zero-order chi connectivity index (χ0) is 12.8. The molecule has 1 aliphatic rings. The third-order valence-corrected chi connectivity index (χ3v) is 3.62. The van der Waals surface area contributed by atoms with Crippen LogP contribution in [0.25, 0.3) is 0 Å². The van der Waals surface area contributed by atoms with E-state index < -0.39 is 0 Å². The third kappa shape index (κ3) is 3.31. The fourth-order valence-corrected chi connectivity index (χ4v) is 2.53. The average molecular weight is 249 g/mol. The van der Waals surface area contributed by atoms with Crippen LogP contribution in [0.15, 0.2) is 24.3 Å². The first-order chi connectivity index (χ1) is 8.85. The Kier molecular flexibility index (Phi) is 5.17. The van der Waals surface area contributed by atoms with Crippen LogP contribution in [-0.4, -0.2) is 27.4 Å². The van der Waals surface area contributed by atoms with Crippen molar-refractivity contribution >= 4 is 0 Å². The van der Waals surface area contributed by atoms with Crippen molar-refractivity contribution < 1.29 is 9.47 Å². The first kappa shape index (κ1) is 13.5. The Bertz CT molecular complexity index is 320. The molecule has 18 heavy (non-hydrogen) atoms. The van der Waals surface area contributed by atoms with Gasteiger partial charge in [0.2, 0.25) is 0 Å². The summed E-state index contributed by atoms with van der Waals surface area (Å²) >= 11 is 0. The highest BCUT2D eigenvalue weighted by molar-refractivity contribution is 5.27. The van der Waals surface area contributed by atoms with Gasteiger partial charge in [-0.1, -0.05) is 30.7 Å². The molecule has 0 saturated carbocycles. The van der Waals surface area contributed by atoms with Crippen molar-refractivity contribution in [2.45, 2.75) is 31.4 Å². The smallest absolute Gasteiger partial charge is 0.105 e. The normalized spacial score (nSPS) is 21.8. The zero-order valence-electron chi connectivity index (χ0n) is 11.3. The molecule has 2 unspecified atom stereocenters. The maximum Gasteiger partial charge on any atom is 0.105 e. The lowest BCUT2D eigenvalue weighted by molar-refractivity contribution is 0.0275. The minimum atomic E-state index is 0.0309. The molecule has 2 atom stereocenters. The van der Waals surface area contributed by atoms with E-state index in [1.165, 1.54) is 30.4 Å². The van der Waals surface area contributed by atoms with Gasteiger partial charge in [0.25, 0.3) is 0 Å². The molecule has 1 aliphatic heterocycles. The van der Waals surface area contributed by atoms with E-state index in [9.17, 15) is 0 Å². The lowest BCUT2D eigenvalue weighted by Crippen LogP contribution is -2.26. The van der Waals surface area contributed by atoms with Gasteiger partial charge in [-0.3, -0.25) is 0 Å². The van der Waals surface area contributed by atoms with E-state index in [1.54, 1.807) is 14.2 Å². The molecule has 0 aliphatic carbocycles. The predicted octanol–water partition coefficient (Wildman–Crippen LogP) is 2.84. The Morgan fingerprint density at radius 3 is 2.56 bits per heavy atom. The van der Waals surface area contributed by atoms with Crippen LogP contribution in [0.1, 0.15) is 42.5 Å². The summed E-state index contributed by atoms with van der Waals surface area (Å²) in [5.74, 6) is 0. The van der Waals surface area contributed by atoms with Crippen LogP contribution in [0.5, 0.6) is 0 Å². The Morgan fingerprint density at radius 2 is 2.00 bits per heavy atom. The topological polar surface area (TPSA) is 30.5 Å². The largest absolute Gasteiger partial charge is 0.382 e. The van der Waals surface area contributed by atoms with Gasteiger partial charge in [-0.2, -0.15) is 0 Å². The second-order valence-corrected chi connectivity index (χ2v) is 4.85. The molecule has 0 amide bonds. The number of piperidine rings is 1. The summed E-state index contributed by atoms with van der Waals surface area (Å²) in [5, 5.41) is 3.57. The van der Waals surface area contributed by atoms with E-state index in [1.807, 2.05) is 0 Å². The Hall–Kier alpha value is -0.900. The Balaban J connectivity index is 2.03. The second kappa shape index (κ2) is 6.88. The minimum Gasteiger partial charge on any atom is -0.382 e. The summed E-state index contributed by atoms with van der Waals surface area (Å²) in [6.07, 6.45) is 3.90. The molecule has 1 saturated heterocycles. The van der Waals surface area contributed by atoms with Gasteiger partial charge in [-0.25, -0.2) is 0 Å². The van der Waals surface area contributed by atoms with Gasteiger partial charge in [0.05, 0.1) is 6.61 Å². The molecule has 0 bridgehead atoms. The number of hydrogen-bond donors (Lipinski definition) is 1. The minimum absolute atomic E-state index is 0.0309. The number of rotatable bonds is 5. The van der Waals surface area contributed by atoms with E-state index in [-0.39, 0.29) is 6.10 Å². The van der Waals surface area contributed by atoms with Crippen LogP contribution in [0.2, 0.25) is 0 Å². The van der Waals surface area contributed by atoms with Crippen LogP contribution in [0.3, 0.4) is 0 Å². The van der Waals surface area contributed by atoms with Gasteiger partial charge in [0.15, 0.2) is 0 Å². The first-order valence-corrected chi connectivity index (χ1v) is 6.70. The van der Waals surface area contributed by atoms with Crippen molar-refractivity contribution in [3.63, 3.8) is 0 Å². The molecule has 100 valence electrons. The van der Waals surface area contributed by atoms with Crippen LogP contribution in [0.4, 0.5) is 0 Å². The van der Waals surface area contributed by atoms with E-state index in [4.69, 9.17) is 9.47 Å². The van der Waals surface area contributed by atoms with E-state index in [2.05, 4.69) is 29.6 Å². The summed E-state index contributed by atoms with van der Waals surface area (Å²) in [5.41, 5.74) is 2.56. The summed E-state index contributed by atoms with van der Waals surface area (Å²) in [6.45, 7) is 1.73. The number of benzene rings is 1. The first-order valence-electron chi connectivity index (χ1n) is 6.70. The van der Waals surface area contributed by atoms with Crippen molar-refractivity contribution in [1.29, 1.82) is 0 Å². The highest BCUT2D eigenvalue weighted by Crippen LogP contribution is 2.25. The van der Waals surface area contributed by atoms with Crippen molar-refractivity contribution in [1.82, 2.24) is 5.32 Å². The number of methoxy groups -OCH3 is 2. The maximum atomic E-state index is 5.42. The van der Waals surface area contributed by atoms with Crippen LogP contribution >= 0.6 is 0 Å². The number of ether oxygens (including phenoxy) is 2. The van der Waals surface area contributed by atoms with Crippen molar-refractivity contribution in [3.8, 4) is 0 Å². The van der Waals surface area contributed by atoms with E-state index in [0.29, 0.717) is 12.6 Å². The average Bonchev–Trinajstić information content (AvgIpc) is 2.46. The summed E-state index contributed by atoms with van der Waals surface area (Å²) in [7, 11) is 3.42. The molecule has 1 aromatic rings. The van der Waals surface area contributed by atoms with Gasteiger partial charge in [0.1, 0.15) is 6.10 Å². The molecule has 1 N–H and O–H groups in total. The molecule has 1 fully saturated rings. The monoisotopic (exact) mass is 249 g/mol. The van der Waals surface area contributed by atoms with E-state index in [0.717, 1.165) is 6.54 Å². The van der Waals surface area contributed by atoms with Gasteiger partial charge in [-0.05, 0) is 30.5 Å². The van der Waals surface area contributed by atoms with Crippen LogP contribution in [-0.2, 0) is 9.47 Å². The standard InChI is InChI=1S/C15H23NO2/c1-17-11-15(18-2)13-8-6-12(7-9-13)14-5-3-4-10-16-14/h6-9,14-16H,3-5,10-11H2,1-2H3.